The van der Waals surface area contributed by atoms with Crippen molar-refractivity contribution in [2.45, 2.75) is 31.8 Å². The first kappa shape index (κ1) is 8.67. The fourth-order valence-corrected chi connectivity index (χ4v) is 0.503. The van der Waals surface area contributed by atoms with Gasteiger partial charge >= 0.3 is 0 Å². The zero-order valence-corrected chi connectivity index (χ0v) is 7.39. The van der Waals surface area contributed by atoms with E-state index in [0.717, 1.165) is 0 Å². The summed E-state index contributed by atoms with van der Waals surface area (Å²) in [5, 5.41) is 16.7. The topological polar surface area (TPSA) is 44.0 Å². The van der Waals surface area contributed by atoms with E-state index in [0.29, 0.717) is 0 Å². The summed E-state index contributed by atoms with van der Waals surface area (Å²) < 4.78 is 0. The van der Waals surface area contributed by atoms with Crippen LogP contribution < -0.4 is 0 Å². The van der Waals surface area contributed by atoms with Gasteiger partial charge in [0.1, 0.15) is 5.22 Å². The van der Waals surface area contributed by atoms with Gasteiger partial charge in [0, 0.05) is 0 Å². The number of rotatable bonds is 1. The van der Waals surface area contributed by atoms with Gasteiger partial charge in [0.25, 0.3) is 0 Å². The first-order valence-corrected chi connectivity index (χ1v) is 6.45. The van der Waals surface area contributed by atoms with E-state index in [1.54, 1.807) is 6.92 Å². The van der Waals surface area contributed by atoms with Gasteiger partial charge < -0.3 is 5.11 Å². The Morgan fingerprint density at radius 2 is 1.78 bits per heavy atom. The minimum absolute atomic E-state index is 1.08. The van der Waals surface area contributed by atoms with E-state index >= 15 is 0 Å². The number of hydrogen-bond acceptors (Lipinski definition) is 2. The molecule has 1 atom stereocenters. The molecular formula is C6H13NOSi. The molecule has 0 aliphatic heterocycles. The van der Waals surface area contributed by atoms with Crippen LogP contribution >= 0.6 is 0 Å². The average Bonchev–Trinajstić information content (AvgIpc) is 1.64. The second-order valence-corrected chi connectivity index (χ2v) is 8.91. The number of nitriles is 1. The van der Waals surface area contributed by atoms with E-state index in [1.807, 2.05) is 25.7 Å². The van der Waals surface area contributed by atoms with Gasteiger partial charge in [-0.1, -0.05) is 19.6 Å². The van der Waals surface area contributed by atoms with Crippen LogP contribution in [0, 0.1) is 11.3 Å². The van der Waals surface area contributed by atoms with Crippen molar-refractivity contribution >= 4 is 8.07 Å². The van der Waals surface area contributed by atoms with Crippen LogP contribution in [0.5, 0.6) is 0 Å². The van der Waals surface area contributed by atoms with Gasteiger partial charge in [-0.15, -0.1) is 0 Å². The van der Waals surface area contributed by atoms with E-state index in [2.05, 4.69) is 0 Å². The normalized spacial score (nSPS) is 18.2. The van der Waals surface area contributed by atoms with Crippen LogP contribution in [0.1, 0.15) is 6.92 Å². The summed E-state index contributed by atoms with van der Waals surface area (Å²) in [5.74, 6) is 0. The number of nitrogens with zero attached hydrogens (tertiary/aromatic N) is 1. The zero-order chi connectivity index (χ0) is 7.71. The van der Waals surface area contributed by atoms with Crippen molar-refractivity contribution in [1.29, 1.82) is 5.26 Å². The molecule has 52 valence electrons. The standard InChI is InChI=1S/C6H13NOSi/c1-6(8,5-7)9(2,3)4/h8H,1-4H3/t6-/m0/s1. The van der Waals surface area contributed by atoms with Gasteiger partial charge in [-0.25, -0.2) is 0 Å². The molecule has 2 nitrogen and oxygen atoms in total. The third-order valence-electron chi connectivity index (χ3n) is 1.68. The first-order chi connectivity index (χ1) is 3.81. The van der Waals surface area contributed by atoms with Crippen LogP contribution in [0.15, 0.2) is 0 Å². The fourth-order valence-electron chi connectivity index (χ4n) is 0.168. The van der Waals surface area contributed by atoms with Crippen molar-refractivity contribution in [2.75, 3.05) is 0 Å². The molecule has 0 fully saturated rings. The highest BCUT2D eigenvalue weighted by molar-refractivity contribution is 6.79. The minimum atomic E-state index is -1.69. The molecular weight excluding hydrogens is 130 g/mol. The van der Waals surface area contributed by atoms with Gasteiger partial charge in [0.15, 0.2) is 0 Å². The molecule has 0 saturated heterocycles. The van der Waals surface area contributed by atoms with Gasteiger partial charge in [-0.3, -0.25) is 0 Å². The molecule has 0 aliphatic carbocycles. The molecule has 1 N–H and O–H groups in total. The van der Waals surface area contributed by atoms with E-state index in [1.165, 1.54) is 0 Å². The molecule has 0 spiro atoms. The lowest BCUT2D eigenvalue weighted by Gasteiger charge is -2.27. The molecule has 3 heteroatoms. The summed E-state index contributed by atoms with van der Waals surface area (Å²) >= 11 is 0. The Balaban J connectivity index is 4.39. The van der Waals surface area contributed by atoms with E-state index in [-0.39, 0.29) is 0 Å². The van der Waals surface area contributed by atoms with Crippen LogP contribution in [0.3, 0.4) is 0 Å². The summed E-state index contributed by atoms with van der Waals surface area (Å²) in [6.07, 6.45) is 0. The molecule has 0 amide bonds. The number of hydrogen-bond donors (Lipinski definition) is 1. The SMILES string of the molecule is C[C@@](O)(C#N)[Si](C)(C)C. The lowest BCUT2D eigenvalue weighted by molar-refractivity contribution is 0.194. The molecule has 0 bridgehead atoms. The Morgan fingerprint density at radius 3 is 1.78 bits per heavy atom. The predicted molar refractivity (Wildman–Crippen MR) is 39.6 cm³/mol. The van der Waals surface area contributed by atoms with Gasteiger partial charge in [-0.05, 0) is 6.92 Å². The maximum atomic E-state index is 9.36. The minimum Gasteiger partial charge on any atom is -0.379 e. The third kappa shape index (κ3) is 1.81. The van der Waals surface area contributed by atoms with Crippen molar-refractivity contribution in [3.63, 3.8) is 0 Å². The Hall–Kier alpha value is -0.333. The fraction of sp³-hybridized carbons (Fsp3) is 0.833. The second kappa shape index (κ2) is 2.12. The molecule has 0 aromatic rings. The van der Waals surface area contributed by atoms with Crippen LogP contribution in [0.4, 0.5) is 0 Å². The molecule has 0 heterocycles. The predicted octanol–water partition coefficient (Wildman–Crippen LogP) is 1.14. The second-order valence-electron chi connectivity index (χ2n) is 3.43. The molecule has 0 unspecified atom stereocenters. The van der Waals surface area contributed by atoms with Gasteiger partial charge in [0.2, 0.25) is 0 Å². The van der Waals surface area contributed by atoms with Gasteiger partial charge in [0.05, 0.1) is 14.1 Å². The highest BCUT2D eigenvalue weighted by atomic mass is 28.3. The highest BCUT2D eigenvalue weighted by Gasteiger charge is 2.36. The Kier molecular flexibility index (Phi) is 2.05. The van der Waals surface area contributed by atoms with Crippen LogP contribution in [-0.2, 0) is 0 Å². The monoisotopic (exact) mass is 143 g/mol. The van der Waals surface area contributed by atoms with Crippen LogP contribution in [0.2, 0.25) is 19.6 Å². The lowest BCUT2D eigenvalue weighted by atomic mass is 10.4. The molecule has 0 aromatic heterocycles. The maximum absolute atomic E-state index is 9.36. The van der Waals surface area contributed by atoms with Crippen molar-refractivity contribution in [1.82, 2.24) is 0 Å². The smallest absolute Gasteiger partial charge is 0.134 e. The molecule has 9 heavy (non-hydrogen) atoms. The summed E-state index contributed by atoms with van der Waals surface area (Å²) in [6, 6.07) is 1.90. The highest BCUT2D eigenvalue weighted by Crippen LogP contribution is 2.18. The maximum Gasteiger partial charge on any atom is 0.134 e. The molecule has 0 aliphatic rings. The molecule has 0 rings (SSSR count). The van der Waals surface area contributed by atoms with Crippen molar-refractivity contribution in [3.05, 3.63) is 0 Å². The van der Waals surface area contributed by atoms with Crippen molar-refractivity contribution in [2.24, 2.45) is 0 Å². The summed E-state index contributed by atoms with van der Waals surface area (Å²) in [5.41, 5.74) is 0. The lowest BCUT2D eigenvalue weighted by Crippen LogP contribution is -2.48. The summed E-state index contributed by atoms with van der Waals surface area (Å²) in [4.78, 5) is 0. The van der Waals surface area contributed by atoms with E-state index in [4.69, 9.17) is 5.26 Å². The zero-order valence-electron chi connectivity index (χ0n) is 6.39. The van der Waals surface area contributed by atoms with E-state index < -0.39 is 13.3 Å². The Bertz CT molecular complexity index is 140. The van der Waals surface area contributed by atoms with Gasteiger partial charge in [-0.2, -0.15) is 5.26 Å². The summed E-state index contributed by atoms with van der Waals surface area (Å²) in [7, 11) is -1.69. The van der Waals surface area contributed by atoms with Crippen LogP contribution in [-0.4, -0.2) is 18.4 Å². The Morgan fingerprint density at radius 1 is 1.44 bits per heavy atom. The Labute approximate surface area is 57.1 Å². The van der Waals surface area contributed by atoms with Crippen molar-refractivity contribution in [3.8, 4) is 6.07 Å². The quantitative estimate of drug-likeness (QED) is 0.442. The van der Waals surface area contributed by atoms with Crippen LogP contribution in [0.25, 0.3) is 0 Å². The largest absolute Gasteiger partial charge is 0.379 e. The van der Waals surface area contributed by atoms with Crippen molar-refractivity contribution < 1.29 is 5.11 Å². The first-order valence-electron chi connectivity index (χ1n) is 2.95. The van der Waals surface area contributed by atoms with E-state index in [9.17, 15) is 5.11 Å². The third-order valence-corrected chi connectivity index (χ3v) is 4.71. The summed E-state index contributed by atoms with van der Waals surface area (Å²) in [6.45, 7) is 7.49. The molecule has 0 radical (unpaired) electrons. The molecule has 0 aromatic carbocycles. The number of aliphatic hydroxyl groups is 1. The average molecular weight is 143 g/mol. The molecule has 0 saturated carbocycles.